The minimum Gasteiger partial charge on any atom is -0.396 e. The first kappa shape index (κ1) is 20.6. The second-order valence-electron chi connectivity index (χ2n) is 8.42. The molecule has 26 heavy (non-hydrogen) atoms. The van der Waals surface area contributed by atoms with Crippen LogP contribution in [0, 0.1) is 16.7 Å². The van der Waals surface area contributed by atoms with Gasteiger partial charge in [-0.3, -0.25) is 4.99 Å². The molecule has 4 aliphatic rings. The molecule has 6 nitrogen and oxygen atoms in total. The first-order valence-corrected chi connectivity index (χ1v) is 10.1. The Morgan fingerprint density at radius 1 is 1.27 bits per heavy atom. The predicted molar refractivity (Wildman–Crippen MR) is 112 cm³/mol. The quantitative estimate of drug-likeness (QED) is 0.309. The van der Waals surface area contributed by atoms with Gasteiger partial charge in [0.05, 0.1) is 19.3 Å². The Labute approximate surface area is 173 Å². The van der Waals surface area contributed by atoms with Crippen molar-refractivity contribution >= 4 is 29.9 Å². The average molecular weight is 479 g/mol. The largest absolute Gasteiger partial charge is 0.396 e. The van der Waals surface area contributed by atoms with Crippen LogP contribution < -0.4 is 10.6 Å². The summed E-state index contributed by atoms with van der Waals surface area (Å²) in [6, 6.07) is 0.500. The summed E-state index contributed by atoms with van der Waals surface area (Å²) in [5.74, 6) is 1.57. The van der Waals surface area contributed by atoms with Gasteiger partial charge in [0.15, 0.2) is 5.96 Å². The van der Waals surface area contributed by atoms with Gasteiger partial charge in [-0.15, -0.1) is 24.0 Å². The number of nitrogens with zero attached hydrogens (tertiary/aromatic N) is 1. The number of aliphatic hydroxyl groups is 1. The summed E-state index contributed by atoms with van der Waals surface area (Å²) in [7, 11) is 0. The normalized spacial score (nSPS) is 37.5. The van der Waals surface area contributed by atoms with Crippen LogP contribution in [0.15, 0.2) is 4.99 Å². The van der Waals surface area contributed by atoms with E-state index in [9.17, 15) is 5.11 Å². The number of halogens is 1. The van der Waals surface area contributed by atoms with E-state index >= 15 is 0 Å². The van der Waals surface area contributed by atoms with Crippen molar-refractivity contribution in [2.24, 2.45) is 21.7 Å². The Morgan fingerprint density at radius 3 is 2.73 bits per heavy atom. The van der Waals surface area contributed by atoms with Crippen molar-refractivity contribution in [2.75, 3.05) is 39.5 Å². The SMILES string of the molecule is CCNC(=NCC1(CCO)CCOC1)NC1C2CCOC2C12CCC2.I. The summed E-state index contributed by atoms with van der Waals surface area (Å²) in [5, 5.41) is 16.6. The Morgan fingerprint density at radius 2 is 2.12 bits per heavy atom. The lowest BCUT2D eigenvalue weighted by Gasteiger charge is -2.63. The van der Waals surface area contributed by atoms with Gasteiger partial charge in [0.2, 0.25) is 0 Å². The highest BCUT2D eigenvalue weighted by Gasteiger charge is 2.66. The van der Waals surface area contributed by atoms with Crippen molar-refractivity contribution < 1.29 is 14.6 Å². The van der Waals surface area contributed by atoms with Gasteiger partial charge in [0.1, 0.15) is 0 Å². The van der Waals surface area contributed by atoms with Crippen molar-refractivity contribution in [3.63, 3.8) is 0 Å². The fraction of sp³-hybridized carbons (Fsp3) is 0.947. The standard InChI is InChI=1S/C19H33N3O3.HI/c1-2-20-17(21-12-18(7-9-23)8-11-24-13-18)22-15-14-4-10-25-16(14)19(15)5-3-6-19;/h14-16,23H,2-13H2,1H3,(H2,20,21,22);1H. The van der Waals surface area contributed by atoms with Crippen LogP contribution in [0.5, 0.6) is 0 Å². The molecule has 0 bridgehead atoms. The van der Waals surface area contributed by atoms with Crippen molar-refractivity contribution in [3.8, 4) is 0 Å². The monoisotopic (exact) mass is 479 g/mol. The highest BCUT2D eigenvalue weighted by atomic mass is 127. The average Bonchev–Trinajstić information content (AvgIpc) is 3.18. The third-order valence-corrected chi connectivity index (χ3v) is 7.07. The molecule has 4 rings (SSSR count). The van der Waals surface area contributed by atoms with Gasteiger partial charge in [-0.2, -0.15) is 0 Å². The molecule has 2 saturated carbocycles. The zero-order valence-corrected chi connectivity index (χ0v) is 18.2. The zero-order valence-electron chi connectivity index (χ0n) is 15.8. The lowest BCUT2D eigenvalue weighted by molar-refractivity contribution is -0.171. The van der Waals surface area contributed by atoms with Gasteiger partial charge < -0.3 is 25.2 Å². The Kier molecular flexibility index (Phi) is 6.73. The molecule has 0 aromatic rings. The molecule has 0 aromatic heterocycles. The molecular weight excluding hydrogens is 445 g/mol. The van der Waals surface area contributed by atoms with E-state index in [0.29, 0.717) is 36.6 Å². The number of rotatable bonds is 6. The molecular formula is C19H34IN3O3. The summed E-state index contributed by atoms with van der Waals surface area (Å²) in [5.41, 5.74) is 0.362. The smallest absolute Gasteiger partial charge is 0.191 e. The number of hydrogen-bond acceptors (Lipinski definition) is 4. The predicted octanol–water partition coefficient (Wildman–Crippen LogP) is 1.91. The van der Waals surface area contributed by atoms with Crippen LogP contribution >= 0.6 is 24.0 Å². The van der Waals surface area contributed by atoms with E-state index in [1.54, 1.807) is 0 Å². The second-order valence-corrected chi connectivity index (χ2v) is 8.42. The number of hydrogen-bond donors (Lipinski definition) is 3. The second kappa shape index (κ2) is 8.49. The molecule has 0 aromatic carbocycles. The number of aliphatic imine (C=N–C) groups is 1. The summed E-state index contributed by atoms with van der Waals surface area (Å²) in [4.78, 5) is 4.91. The zero-order chi connectivity index (χ0) is 17.3. The van der Waals surface area contributed by atoms with E-state index in [-0.39, 0.29) is 36.0 Å². The molecule has 4 atom stereocenters. The van der Waals surface area contributed by atoms with Crippen LogP contribution in [0.4, 0.5) is 0 Å². The molecule has 3 N–H and O–H groups in total. The minimum absolute atomic E-state index is 0. The van der Waals surface area contributed by atoms with Gasteiger partial charge in [0, 0.05) is 49.2 Å². The molecule has 150 valence electrons. The molecule has 0 amide bonds. The van der Waals surface area contributed by atoms with Crippen LogP contribution in [0.25, 0.3) is 0 Å². The summed E-state index contributed by atoms with van der Waals surface area (Å²) >= 11 is 0. The fourth-order valence-electron chi connectivity index (χ4n) is 5.46. The van der Waals surface area contributed by atoms with Crippen molar-refractivity contribution in [1.29, 1.82) is 0 Å². The third kappa shape index (κ3) is 3.49. The number of aliphatic hydroxyl groups excluding tert-OH is 1. The van der Waals surface area contributed by atoms with Gasteiger partial charge in [-0.1, -0.05) is 6.42 Å². The third-order valence-electron chi connectivity index (χ3n) is 7.07. The van der Waals surface area contributed by atoms with Gasteiger partial charge in [-0.05, 0) is 39.0 Å². The number of nitrogens with one attached hydrogen (secondary N) is 2. The maximum absolute atomic E-state index is 9.41. The van der Waals surface area contributed by atoms with E-state index in [1.165, 1.54) is 25.7 Å². The van der Waals surface area contributed by atoms with E-state index in [1.807, 2.05) is 0 Å². The fourth-order valence-corrected chi connectivity index (χ4v) is 5.46. The van der Waals surface area contributed by atoms with Crippen molar-refractivity contribution in [3.05, 3.63) is 0 Å². The molecule has 2 aliphatic heterocycles. The van der Waals surface area contributed by atoms with Crippen molar-refractivity contribution in [1.82, 2.24) is 10.6 Å². The minimum atomic E-state index is 0. The molecule has 1 spiro atoms. The molecule has 2 aliphatic carbocycles. The first-order chi connectivity index (χ1) is 12.2. The van der Waals surface area contributed by atoms with E-state index < -0.39 is 0 Å². The lowest BCUT2D eigenvalue weighted by Crippen LogP contribution is -2.72. The topological polar surface area (TPSA) is 75.1 Å². The maximum Gasteiger partial charge on any atom is 0.191 e. The first-order valence-electron chi connectivity index (χ1n) is 10.1. The van der Waals surface area contributed by atoms with E-state index in [2.05, 4.69) is 17.6 Å². The Hall–Kier alpha value is -0.120. The molecule has 2 heterocycles. The van der Waals surface area contributed by atoms with Crippen LogP contribution in [0.2, 0.25) is 0 Å². The molecule has 4 fully saturated rings. The highest BCUT2D eigenvalue weighted by Crippen LogP contribution is 2.62. The van der Waals surface area contributed by atoms with Crippen LogP contribution in [0.3, 0.4) is 0 Å². The number of guanidine groups is 1. The van der Waals surface area contributed by atoms with Gasteiger partial charge in [0.25, 0.3) is 0 Å². The van der Waals surface area contributed by atoms with E-state index in [4.69, 9.17) is 14.5 Å². The molecule has 7 heteroatoms. The molecule has 2 saturated heterocycles. The lowest BCUT2D eigenvalue weighted by atomic mass is 9.46. The van der Waals surface area contributed by atoms with Gasteiger partial charge in [-0.25, -0.2) is 0 Å². The highest BCUT2D eigenvalue weighted by molar-refractivity contribution is 14.0. The van der Waals surface area contributed by atoms with Gasteiger partial charge >= 0.3 is 0 Å². The summed E-state index contributed by atoms with van der Waals surface area (Å²) in [6.07, 6.45) is 7.30. The van der Waals surface area contributed by atoms with E-state index in [0.717, 1.165) is 38.6 Å². The summed E-state index contributed by atoms with van der Waals surface area (Å²) in [6.45, 7) is 6.30. The van der Waals surface area contributed by atoms with Crippen LogP contribution in [-0.2, 0) is 9.47 Å². The molecule has 0 radical (unpaired) electrons. The maximum atomic E-state index is 9.41. The summed E-state index contributed by atoms with van der Waals surface area (Å²) < 4.78 is 11.6. The van der Waals surface area contributed by atoms with Crippen molar-refractivity contribution in [2.45, 2.75) is 57.6 Å². The number of ether oxygens (including phenoxy) is 2. The Bertz CT molecular complexity index is 506. The van der Waals surface area contributed by atoms with Crippen LogP contribution in [0.1, 0.15) is 45.4 Å². The Balaban J connectivity index is 0.00000196. The van der Waals surface area contributed by atoms with Crippen LogP contribution in [-0.4, -0.2) is 62.7 Å². The molecule has 4 unspecified atom stereocenters. The number of fused-ring (bicyclic) bond motifs is 2.